The number of carbonyl (C=O) groups is 2. The molecule has 0 aromatic heterocycles. The quantitative estimate of drug-likeness (QED) is 0.797. The summed E-state index contributed by atoms with van der Waals surface area (Å²) in [6.45, 7) is 3.59. The molecule has 1 aromatic rings. The van der Waals surface area contributed by atoms with Gasteiger partial charge in [-0.2, -0.15) is 0 Å². The van der Waals surface area contributed by atoms with Crippen LogP contribution in [0.1, 0.15) is 36.5 Å². The first-order valence-corrected chi connectivity index (χ1v) is 7.45. The molecular weight excluding hydrogens is 270 g/mol. The topological polar surface area (TPSA) is 55.8 Å². The number of ketones is 1. The van der Waals surface area contributed by atoms with Crippen LogP contribution in [0.3, 0.4) is 0 Å². The van der Waals surface area contributed by atoms with Gasteiger partial charge in [0.25, 0.3) is 11.7 Å². The number of anilines is 1. The Bertz CT molecular complexity index is 563. The number of nitrogens with zero attached hydrogens (tertiary/aromatic N) is 1. The fourth-order valence-electron chi connectivity index (χ4n) is 2.87. The molecule has 0 spiro atoms. The number of fused-ring (bicyclic) bond motifs is 1. The number of hydrogen-bond acceptors (Lipinski definition) is 4. The van der Waals surface area contributed by atoms with Crippen molar-refractivity contribution in [3.05, 3.63) is 23.8 Å². The van der Waals surface area contributed by atoms with Crippen LogP contribution < -0.4 is 9.64 Å². The predicted octanol–water partition coefficient (Wildman–Crippen LogP) is 2.18. The molecule has 21 heavy (non-hydrogen) atoms. The van der Waals surface area contributed by atoms with Crippen LogP contribution in [0, 0.1) is 0 Å². The molecule has 2 aliphatic heterocycles. The number of amides is 1. The van der Waals surface area contributed by atoms with Crippen LogP contribution in [0.2, 0.25) is 0 Å². The monoisotopic (exact) mass is 289 g/mol. The highest BCUT2D eigenvalue weighted by molar-refractivity contribution is 6.52. The lowest BCUT2D eigenvalue weighted by molar-refractivity contribution is -0.114. The molecule has 5 heteroatoms. The Labute approximate surface area is 123 Å². The Balaban J connectivity index is 1.83. The molecular formula is C16H19NO4. The van der Waals surface area contributed by atoms with Crippen molar-refractivity contribution in [3.63, 3.8) is 0 Å². The Morgan fingerprint density at radius 2 is 2.19 bits per heavy atom. The van der Waals surface area contributed by atoms with E-state index in [9.17, 15) is 9.59 Å². The molecule has 2 heterocycles. The van der Waals surface area contributed by atoms with Crippen LogP contribution in [-0.4, -0.2) is 37.6 Å². The van der Waals surface area contributed by atoms with Crippen molar-refractivity contribution in [1.29, 1.82) is 0 Å². The van der Waals surface area contributed by atoms with E-state index in [0.717, 1.165) is 25.9 Å². The van der Waals surface area contributed by atoms with E-state index in [1.165, 1.54) is 0 Å². The zero-order valence-corrected chi connectivity index (χ0v) is 12.1. The maximum absolute atomic E-state index is 12.2. The Morgan fingerprint density at radius 3 is 2.90 bits per heavy atom. The molecule has 112 valence electrons. The number of Topliss-reactive ketones (excluding diaryl/α,β-unsaturated/α-hetero) is 1. The molecule has 1 fully saturated rings. The fraction of sp³-hybridized carbons (Fsp3) is 0.500. The van der Waals surface area contributed by atoms with E-state index in [1.807, 2.05) is 6.92 Å². The molecule has 3 rings (SSSR count). The van der Waals surface area contributed by atoms with Gasteiger partial charge in [0.15, 0.2) is 0 Å². The van der Waals surface area contributed by atoms with Gasteiger partial charge in [0.2, 0.25) is 0 Å². The van der Waals surface area contributed by atoms with Gasteiger partial charge < -0.3 is 14.4 Å². The van der Waals surface area contributed by atoms with Gasteiger partial charge in [-0.25, -0.2) is 0 Å². The first-order chi connectivity index (χ1) is 10.2. The van der Waals surface area contributed by atoms with Gasteiger partial charge in [-0.15, -0.1) is 0 Å². The summed E-state index contributed by atoms with van der Waals surface area (Å²) in [5.74, 6) is -0.302. The average molecular weight is 289 g/mol. The lowest BCUT2D eigenvalue weighted by Crippen LogP contribution is -2.39. The Hall–Kier alpha value is -1.88. The van der Waals surface area contributed by atoms with Crippen molar-refractivity contribution in [3.8, 4) is 5.75 Å². The van der Waals surface area contributed by atoms with Gasteiger partial charge in [0.05, 0.1) is 30.5 Å². The zero-order chi connectivity index (χ0) is 14.8. The van der Waals surface area contributed by atoms with Gasteiger partial charge in [-0.1, -0.05) is 0 Å². The Kier molecular flexibility index (Phi) is 3.92. The fourth-order valence-corrected chi connectivity index (χ4v) is 2.87. The van der Waals surface area contributed by atoms with Crippen molar-refractivity contribution in [2.45, 2.75) is 32.3 Å². The van der Waals surface area contributed by atoms with E-state index in [2.05, 4.69) is 0 Å². The first kappa shape index (κ1) is 14.1. The second-order valence-electron chi connectivity index (χ2n) is 5.35. The maximum Gasteiger partial charge on any atom is 0.299 e. The molecule has 0 aliphatic carbocycles. The number of carbonyl (C=O) groups excluding carboxylic acids is 2. The molecule has 0 unspecified atom stereocenters. The van der Waals surface area contributed by atoms with Crippen LogP contribution >= 0.6 is 0 Å². The summed E-state index contributed by atoms with van der Waals surface area (Å²) in [7, 11) is 0. The van der Waals surface area contributed by atoms with Gasteiger partial charge >= 0.3 is 0 Å². The lowest BCUT2D eigenvalue weighted by Gasteiger charge is -2.27. The lowest BCUT2D eigenvalue weighted by atomic mass is 10.1. The second-order valence-corrected chi connectivity index (χ2v) is 5.35. The summed E-state index contributed by atoms with van der Waals surface area (Å²) in [5.41, 5.74) is 1.10. The zero-order valence-electron chi connectivity index (χ0n) is 12.1. The van der Waals surface area contributed by atoms with Crippen LogP contribution in [0.5, 0.6) is 5.75 Å². The van der Waals surface area contributed by atoms with Crippen LogP contribution in [-0.2, 0) is 9.53 Å². The third-order valence-corrected chi connectivity index (χ3v) is 3.91. The van der Waals surface area contributed by atoms with Crippen LogP contribution in [0.4, 0.5) is 5.69 Å². The first-order valence-electron chi connectivity index (χ1n) is 7.45. The van der Waals surface area contributed by atoms with Crippen LogP contribution in [0.15, 0.2) is 18.2 Å². The molecule has 1 atom stereocenters. The minimum Gasteiger partial charge on any atom is -0.494 e. The van der Waals surface area contributed by atoms with E-state index in [1.54, 1.807) is 23.1 Å². The summed E-state index contributed by atoms with van der Waals surface area (Å²) < 4.78 is 11.1. The largest absolute Gasteiger partial charge is 0.494 e. The normalized spacial score (nSPS) is 21.6. The number of benzene rings is 1. The summed E-state index contributed by atoms with van der Waals surface area (Å²) in [5, 5.41) is 0. The molecule has 1 amide bonds. The van der Waals surface area contributed by atoms with Crippen molar-refractivity contribution in [2.24, 2.45) is 0 Å². The SMILES string of the molecule is CCOc1ccc2c(c1)C(=O)C(=O)N2C[C@@H]1CCCCO1. The third kappa shape index (κ3) is 2.65. The van der Waals surface area contributed by atoms with Crippen molar-refractivity contribution >= 4 is 17.4 Å². The van der Waals surface area contributed by atoms with Crippen molar-refractivity contribution < 1.29 is 19.1 Å². The third-order valence-electron chi connectivity index (χ3n) is 3.91. The van der Waals surface area contributed by atoms with Gasteiger partial charge in [-0.05, 0) is 44.4 Å². The summed E-state index contributed by atoms with van der Waals surface area (Å²) >= 11 is 0. The van der Waals surface area contributed by atoms with Crippen LogP contribution in [0.25, 0.3) is 0 Å². The van der Waals surface area contributed by atoms with E-state index >= 15 is 0 Å². The highest BCUT2D eigenvalue weighted by Crippen LogP contribution is 2.33. The predicted molar refractivity (Wildman–Crippen MR) is 77.9 cm³/mol. The standard InChI is InChI=1S/C16H19NO4/c1-2-20-11-6-7-14-13(9-11)15(18)16(19)17(14)10-12-5-3-4-8-21-12/h6-7,9,12H,2-5,8,10H2,1H3/t12-/m0/s1. The second kappa shape index (κ2) is 5.85. The highest BCUT2D eigenvalue weighted by atomic mass is 16.5. The molecule has 2 aliphatic rings. The summed E-state index contributed by atoms with van der Waals surface area (Å²) in [4.78, 5) is 25.8. The van der Waals surface area contributed by atoms with E-state index in [0.29, 0.717) is 30.2 Å². The summed E-state index contributed by atoms with van der Waals surface area (Å²) in [6.07, 6.45) is 3.13. The molecule has 0 radical (unpaired) electrons. The number of ether oxygens (including phenoxy) is 2. The molecule has 1 saturated heterocycles. The minimum absolute atomic E-state index is 0.0213. The van der Waals surface area contributed by atoms with E-state index in [4.69, 9.17) is 9.47 Å². The van der Waals surface area contributed by atoms with Crippen molar-refractivity contribution in [1.82, 2.24) is 0 Å². The molecule has 0 bridgehead atoms. The average Bonchev–Trinajstić information content (AvgIpc) is 2.74. The number of hydrogen-bond donors (Lipinski definition) is 0. The van der Waals surface area contributed by atoms with E-state index < -0.39 is 11.7 Å². The Morgan fingerprint density at radius 1 is 1.33 bits per heavy atom. The van der Waals surface area contributed by atoms with Gasteiger partial charge in [0.1, 0.15) is 5.75 Å². The number of rotatable bonds is 4. The van der Waals surface area contributed by atoms with Gasteiger partial charge in [0, 0.05) is 6.61 Å². The molecule has 0 saturated carbocycles. The highest BCUT2D eigenvalue weighted by Gasteiger charge is 2.37. The molecule has 1 aromatic carbocycles. The minimum atomic E-state index is -0.465. The smallest absolute Gasteiger partial charge is 0.299 e. The molecule has 5 nitrogen and oxygen atoms in total. The van der Waals surface area contributed by atoms with E-state index in [-0.39, 0.29) is 6.10 Å². The molecule has 0 N–H and O–H groups in total. The maximum atomic E-state index is 12.2. The summed E-state index contributed by atoms with van der Waals surface area (Å²) in [6, 6.07) is 5.23. The van der Waals surface area contributed by atoms with Gasteiger partial charge in [-0.3, -0.25) is 9.59 Å². The van der Waals surface area contributed by atoms with Crippen molar-refractivity contribution in [2.75, 3.05) is 24.7 Å².